The monoisotopic (exact) mass is 835 g/mol. The molecule has 0 aliphatic heterocycles. The van der Waals surface area contributed by atoms with Gasteiger partial charge >= 0.3 is 0 Å². The van der Waals surface area contributed by atoms with E-state index in [0.29, 0.717) is 56.9 Å². The summed E-state index contributed by atoms with van der Waals surface area (Å²) < 4.78 is 32.1. The number of aromatic nitrogens is 3. The summed E-state index contributed by atoms with van der Waals surface area (Å²) in [5, 5.41) is 2.01. The Morgan fingerprint density at radius 3 is 2.08 bits per heavy atom. The molecule has 14 heteroatoms. The zero-order valence-electron chi connectivity index (χ0n) is 31.9. The average molecular weight is 837 g/mol. The predicted molar refractivity (Wildman–Crippen MR) is 215 cm³/mol. The molecule has 0 radical (unpaired) electrons. The molecule has 12 nitrogen and oxygen atoms in total. The Balaban J connectivity index is 0.000000256. The number of nitrogens with zero attached hydrogens (tertiary/aromatic N) is 3. The van der Waals surface area contributed by atoms with Crippen molar-refractivity contribution in [2.24, 2.45) is 11.5 Å². The van der Waals surface area contributed by atoms with Crippen molar-refractivity contribution in [2.75, 3.05) is 26.4 Å². The van der Waals surface area contributed by atoms with Crippen LogP contribution in [0.1, 0.15) is 20.7 Å². The van der Waals surface area contributed by atoms with E-state index >= 15 is 0 Å². The lowest BCUT2D eigenvalue weighted by Gasteiger charge is -2.08. The molecule has 304 valence electrons. The molecule has 0 aliphatic rings. The van der Waals surface area contributed by atoms with Crippen LogP contribution in [-0.2, 0) is 22.9 Å². The number of primary amides is 2. The van der Waals surface area contributed by atoms with E-state index in [2.05, 4.69) is 4.98 Å². The molecule has 0 fully saturated rings. The first-order chi connectivity index (χ1) is 27.9. The fourth-order valence-corrected chi connectivity index (χ4v) is 5.53. The van der Waals surface area contributed by atoms with Crippen LogP contribution >= 0.6 is 0 Å². The van der Waals surface area contributed by atoms with Gasteiger partial charge in [-0.1, -0.05) is 42.5 Å². The molecule has 3 heterocycles. The van der Waals surface area contributed by atoms with Gasteiger partial charge in [0.1, 0.15) is 36.0 Å². The van der Waals surface area contributed by atoms with Crippen LogP contribution in [0.25, 0.3) is 21.8 Å². The molecular formula is C45H43Cl2N5O7. The largest absolute Gasteiger partial charge is 1.00 e. The first-order valence-electron chi connectivity index (χ1n) is 18.2. The number of hydrogen-bond donors (Lipinski definition) is 2. The van der Waals surface area contributed by atoms with Crippen LogP contribution in [-0.4, -0.2) is 43.2 Å². The molecule has 59 heavy (non-hydrogen) atoms. The Hall–Kier alpha value is -6.57. The number of benzene rings is 4. The zero-order valence-corrected chi connectivity index (χ0v) is 33.5. The van der Waals surface area contributed by atoms with Gasteiger partial charge in [-0.2, -0.15) is 9.13 Å². The number of hydrogen-bond acceptors (Lipinski definition) is 8. The van der Waals surface area contributed by atoms with E-state index in [0.717, 1.165) is 39.1 Å². The molecule has 0 bridgehead atoms. The van der Waals surface area contributed by atoms with Gasteiger partial charge in [0.05, 0.1) is 18.7 Å². The van der Waals surface area contributed by atoms with Crippen LogP contribution in [0.15, 0.2) is 164 Å². The molecule has 0 saturated heterocycles. The van der Waals surface area contributed by atoms with Crippen LogP contribution in [0.5, 0.6) is 23.1 Å². The molecular weight excluding hydrogens is 793 g/mol. The van der Waals surface area contributed by atoms with Crippen molar-refractivity contribution in [1.29, 1.82) is 0 Å². The number of fused-ring (bicyclic) bond motifs is 2. The van der Waals surface area contributed by atoms with Crippen LogP contribution in [0, 0.1) is 0 Å². The van der Waals surface area contributed by atoms with E-state index in [-0.39, 0.29) is 24.8 Å². The van der Waals surface area contributed by atoms with Gasteiger partial charge in [-0.05, 0) is 78.9 Å². The summed E-state index contributed by atoms with van der Waals surface area (Å²) in [4.78, 5) is 26.9. The number of carbonyl (C=O) groups is 2. The lowest BCUT2D eigenvalue weighted by atomic mass is 10.1. The van der Waals surface area contributed by atoms with E-state index in [1.807, 2.05) is 138 Å². The molecule has 3 aromatic heterocycles. The highest BCUT2D eigenvalue weighted by Gasteiger charge is 2.11. The first-order valence-corrected chi connectivity index (χ1v) is 18.2. The normalized spacial score (nSPS) is 10.5. The second kappa shape index (κ2) is 23.6. The van der Waals surface area contributed by atoms with Gasteiger partial charge in [-0.3, -0.25) is 9.59 Å². The van der Waals surface area contributed by atoms with E-state index in [9.17, 15) is 9.59 Å². The minimum Gasteiger partial charge on any atom is -1.00 e. The van der Waals surface area contributed by atoms with Crippen LogP contribution in [0.4, 0.5) is 0 Å². The number of pyridine rings is 3. The molecule has 0 spiro atoms. The highest BCUT2D eigenvalue weighted by Crippen LogP contribution is 2.23. The number of para-hydroxylation sites is 2. The van der Waals surface area contributed by atoms with E-state index < -0.39 is 11.8 Å². The minimum absolute atomic E-state index is 0. The van der Waals surface area contributed by atoms with Crippen molar-refractivity contribution in [3.05, 3.63) is 175 Å². The summed E-state index contributed by atoms with van der Waals surface area (Å²) in [7, 11) is 0. The molecule has 0 aliphatic carbocycles. The van der Waals surface area contributed by atoms with E-state index in [1.165, 1.54) is 0 Å². The summed E-state index contributed by atoms with van der Waals surface area (Å²) >= 11 is 0. The van der Waals surface area contributed by atoms with Crippen LogP contribution < -0.4 is 59.6 Å². The SMILES string of the molecule is NC(=O)c1ccc2c(ccc[n+]2COCCOc2ccc(Oc3ccccc3)cc2)c1.NC(=O)c1ccc[n+](COCC=CCOc2ccc3ccccc3n2)c1.[Cl-].[Cl-]. The lowest BCUT2D eigenvalue weighted by molar-refractivity contribution is -0.732. The lowest BCUT2D eigenvalue weighted by Crippen LogP contribution is -3.00. The molecule has 4 N–H and O–H groups in total. The first kappa shape index (κ1) is 45.1. The summed E-state index contributed by atoms with van der Waals surface area (Å²) in [6, 6.07) is 41.5. The Morgan fingerprint density at radius 2 is 1.29 bits per heavy atom. The maximum Gasteiger partial charge on any atom is 0.254 e. The maximum atomic E-state index is 11.4. The van der Waals surface area contributed by atoms with Gasteiger partial charge in [-0.25, -0.2) is 4.98 Å². The van der Waals surface area contributed by atoms with Gasteiger partial charge < -0.3 is 60.0 Å². The van der Waals surface area contributed by atoms with Gasteiger partial charge in [-0.15, -0.1) is 0 Å². The third-order valence-corrected chi connectivity index (χ3v) is 8.36. The van der Waals surface area contributed by atoms with Gasteiger partial charge in [0.25, 0.3) is 19.4 Å². The number of nitrogens with two attached hydrogens (primary N) is 2. The molecule has 0 saturated carbocycles. The van der Waals surface area contributed by atoms with Crippen LogP contribution in [0.3, 0.4) is 0 Å². The molecule has 7 rings (SSSR count). The van der Waals surface area contributed by atoms with Crippen LogP contribution in [0.2, 0.25) is 0 Å². The van der Waals surface area contributed by atoms with Crippen molar-refractivity contribution in [1.82, 2.24) is 4.98 Å². The van der Waals surface area contributed by atoms with Gasteiger partial charge in [0, 0.05) is 40.6 Å². The molecule has 7 aromatic rings. The average Bonchev–Trinajstić information content (AvgIpc) is 3.24. The number of rotatable bonds is 17. The van der Waals surface area contributed by atoms with Crippen molar-refractivity contribution in [3.63, 3.8) is 0 Å². The zero-order chi connectivity index (χ0) is 39.7. The minimum atomic E-state index is -0.460. The molecule has 0 unspecified atom stereocenters. The van der Waals surface area contributed by atoms with E-state index in [4.69, 9.17) is 35.2 Å². The smallest absolute Gasteiger partial charge is 0.254 e. The number of ether oxygens (including phenoxy) is 5. The number of amides is 2. The Kier molecular flexibility index (Phi) is 18.1. The summed E-state index contributed by atoms with van der Waals surface area (Å²) in [6.07, 6.45) is 9.14. The third kappa shape index (κ3) is 14.1. The van der Waals surface area contributed by atoms with Crippen molar-refractivity contribution < 1.29 is 67.2 Å². The third-order valence-electron chi connectivity index (χ3n) is 8.36. The van der Waals surface area contributed by atoms with Crippen molar-refractivity contribution in [2.45, 2.75) is 13.5 Å². The fourth-order valence-electron chi connectivity index (χ4n) is 5.53. The standard InChI is InChI=1S/C25H22N2O4.C20H19N3O3.2ClH/c26-25(28)20-8-13-24-19(17-20)5-4-14-27(24)18-29-15-16-30-21-9-11-23(12-10-21)31-22-6-2-1-3-7-22;21-20(24)17-7-5-11-23(14-17)15-25-12-3-4-13-26-19-10-9-16-6-1-2-8-18(16)22-19;;/h1-14,17H,15-16,18H2,(H-,26,28);1-11,14H,12-13,15H2,(H-,21,24);2*1H. The highest BCUT2D eigenvalue weighted by molar-refractivity contribution is 5.96. The second-order valence-corrected chi connectivity index (χ2v) is 12.5. The predicted octanol–water partition coefficient (Wildman–Crippen LogP) is 0.310. The number of carbonyl (C=O) groups excluding carboxylic acids is 2. The Labute approximate surface area is 354 Å². The molecule has 2 amide bonds. The summed E-state index contributed by atoms with van der Waals surface area (Å²) in [5.41, 5.74) is 13.4. The molecule has 0 atom stereocenters. The molecule has 4 aromatic carbocycles. The van der Waals surface area contributed by atoms with Gasteiger partial charge in [0.2, 0.25) is 17.3 Å². The Bertz CT molecular complexity index is 2440. The summed E-state index contributed by atoms with van der Waals surface area (Å²) in [6.45, 7) is 2.42. The second-order valence-electron chi connectivity index (χ2n) is 12.5. The van der Waals surface area contributed by atoms with Crippen molar-refractivity contribution in [3.8, 4) is 23.1 Å². The quantitative estimate of drug-likeness (QED) is 0.0756. The van der Waals surface area contributed by atoms with Gasteiger partial charge in [0.15, 0.2) is 18.6 Å². The summed E-state index contributed by atoms with van der Waals surface area (Å²) in [5.74, 6) is 1.99. The maximum absolute atomic E-state index is 11.4. The Morgan fingerprint density at radius 1 is 0.593 bits per heavy atom. The topological polar surface area (TPSA) is 153 Å². The van der Waals surface area contributed by atoms with E-state index in [1.54, 1.807) is 35.0 Å². The number of halogens is 2. The highest BCUT2D eigenvalue weighted by atomic mass is 35.5. The van der Waals surface area contributed by atoms with Crippen molar-refractivity contribution >= 4 is 33.6 Å². The fraction of sp³-hybridized carbons (Fsp3) is 0.133.